The fraction of sp³-hybridized carbons (Fsp3) is 0.125. The van der Waals surface area contributed by atoms with Gasteiger partial charge in [0.25, 0.3) is 9.03 Å². The highest BCUT2D eigenvalue weighted by molar-refractivity contribution is 7.27. The molecule has 0 aliphatic carbocycles. The first-order valence-corrected chi connectivity index (χ1v) is 7.60. The van der Waals surface area contributed by atoms with Crippen LogP contribution < -0.4 is 9.26 Å². The van der Waals surface area contributed by atoms with Crippen LogP contribution in [0.25, 0.3) is 0 Å². The minimum atomic E-state index is -0.414. The molecule has 2 aromatic carbocycles. The summed E-state index contributed by atoms with van der Waals surface area (Å²) < 4.78 is 15.8. The van der Waals surface area contributed by atoms with Gasteiger partial charge in [0.05, 0.1) is 6.54 Å². The van der Waals surface area contributed by atoms with Gasteiger partial charge in [0, 0.05) is 6.21 Å². The van der Waals surface area contributed by atoms with Gasteiger partial charge >= 0.3 is 5.97 Å². The molecule has 0 radical (unpaired) electrons. The quantitative estimate of drug-likeness (QED) is 0.483. The number of carbonyl (C=O) groups excluding carboxylic acids is 1. The lowest BCUT2D eigenvalue weighted by molar-refractivity contribution is 0.0727. The van der Waals surface area contributed by atoms with E-state index in [1.54, 1.807) is 24.4 Å². The van der Waals surface area contributed by atoms with E-state index in [0.29, 0.717) is 30.2 Å². The van der Waals surface area contributed by atoms with E-state index < -0.39 is 5.97 Å². The molecule has 0 saturated heterocycles. The minimum absolute atomic E-state index is 0.297. The molecule has 22 heavy (non-hydrogen) atoms. The highest BCUT2D eigenvalue weighted by Gasteiger charge is 2.24. The van der Waals surface area contributed by atoms with Crippen LogP contribution in [-0.4, -0.2) is 25.3 Å². The van der Waals surface area contributed by atoms with Crippen LogP contribution in [0.3, 0.4) is 0 Å². The first kappa shape index (κ1) is 14.5. The number of nitrogens with zero attached hydrogens (tertiary/aromatic N) is 1. The molecule has 0 amide bonds. The zero-order chi connectivity index (χ0) is 15.2. The molecule has 0 saturated carbocycles. The lowest BCUT2D eigenvalue weighted by atomic mass is 10.2. The van der Waals surface area contributed by atoms with Crippen LogP contribution in [0.5, 0.6) is 11.5 Å². The van der Waals surface area contributed by atoms with Crippen molar-refractivity contribution in [3.63, 3.8) is 0 Å². The minimum Gasteiger partial charge on any atom is -0.491 e. The molecule has 3 rings (SSSR count). The van der Waals surface area contributed by atoms with E-state index >= 15 is 0 Å². The van der Waals surface area contributed by atoms with Gasteiger partial charge < -0.3 is 13.8 Å². The van der Waals surface area contributed by atoms with E-state index in [4.69, 9.17) is 13.8 Å². The first-order chi connectivity index (χ1) is 10.8. The van der Waals surface area contributed by atoms with Crippen molar-refractivity contribution in [1.82, 2.24) is 0 Å². The summed E-state index contributed by atoms with van der Waals surface area (Å²) in [7, 11) is -0.297. The molecule has 1 aliphatic rings. The van der Waals surface area contributed by atoms with Gasteiger partial charge in [0.2, 0.25) is 0 Å². The summed E-state index contributed by atoms with van der Waals surface area (Å²) in [4.78, 5) is 16.1. The monoisotopic (exact) mass is 315 g/mol. The summed E-state index contributed by atoms with van der Waals surface area (Å²) in [5, 5.41) is 0. The highest BCUT2D eigenvalue weighted by atomic mass is 31.1. The van der Waals surface area contributed by atoms with Gasteiger partial charge in [-0.25, -0.2) is 4.79 Å². The lowest BCUT2D eigenvalue weighted by Crippen LogP contribution is -2.11. The van der Waals surface area contributed by atoms with Crippen LogP contribution in [-0.2, 0) is 4.52 Å². The van der Waals surface area contributed by atoms with Gasteiger partial charge in [-0.15, -0.1) is 0 Å². The molecule has 1 heterocycles. The highest BCUT2D eigenvalue weighted by Crippen LogP contribution is 2.38. The van der Waals surface area contributed by atoms with Crippen LogP contribution in [0.1, 0.15) is 15.9 Å². The number of rotatable bonds is 5. The largest absolute Gasteiger partial charge is 0.491 e. The Labute approximate surface area is 129 Å². The first-order valence-electron chi connectivity index (χ1n) is 6.78. The molecule has 0 bridgehead atoms. The van der Waals surface area contributed by atoms with Crippen molar-refractivity contribution >= 4 is 21.2 Å². The maximum atomic E-state index is 11.8. The molecule has 0 N–H and O–H groups in total. The molecular weight excluding hydrogens is 301 g/mol. The van der Waals surface area contributed by atoms with Crippen molar-refractivity contribution in [2.45, 2.75) is 0 Å². The lowest BCUT2D eigenvalue weighted by Gasteiger charge is -2.18. The normalized spacial score (nSPS) is 14.5. The Morgan fingerprint density at radius 2 is 1.95 bits per heavy atom. The Bertz CT molecular complexity index is 688. The van der Waals surface area contributed by atoms with Gasteiger partial charge in [-0.05, 0) is 17.7 Å². The van der Waals surface area contributed by atoms with Crippen molar-refractivity contribution in [2.75, 3.05) is 13.2 Å². The van der Waals surface area contributed by atoms with Crippen LogP contribution in [0, 0.1) is 0 Å². The Morgan fingerprint density at radius 1 is 1.09 bits per heavy atom. The average Bonchev–Trinajstić information content (AvgIpc) is 2.56. The van der Waals surface area contributed by atoms with Crippen molar-refractivity contribution in [2.24, 2.45) is 4.99 Å². The molecule has 5 nitrogen and oxygen atoms in total. The van der Waals surface area contributed by atoms with Gasteiger partial charge in [-0.3, -0.25) is 4.99 Å². The molecular formula is C16H14NO4P. The summed E-state index contributed by atoms with van der Waals surface area (Å²) in [5.74, 6) is 0.546. The average molecular weight is 315 g/mol. The van der Waals surface area contributed by atoms with E-state index in [1.807, 2.05) is 30.3 Å². The maximum absolute atomic E-state index is 11.8. The zero-order valence-electron chi connectivity index (χ0n) is 11.7. The fourth-order valence-corrected chi connectivity index (χ4v) is 2.47. The smallest absolute Gasteiger partial charge is 0.350 e. The van der Waals surface area contributed by atoms with E-state index in [2.05, 4.69) is 4.99 Å². The van der Waals surface area contributed by atoms with E-state index in [1.165, 1.54) is 0 Å². The predicted octanol–water partition coefficient (Wildman–Crippen LogP) is 3.24. The molecule has 2 aromatic rings. The number of hydrogen-bond donors (Lipinski definition) is 0. The SMILES string of the molecule is O=C1OPOc2cccc(OCCN=Cc3ccccc3)c21. The number of ether oxygens (including phenoxy) is 1. The van der Waals surface area contributed by atoms with Crippen molar-refractivity contribution in [3.05, 3.63) is 59.7 Å². The standard InChI is InChI=1S/C16H14NO4P/c18-16-15-13(7-4-8-14(15)20-22-21-16)19-10-9-17-11-12-5-2-1-3-6-12/h1-8,11,22H,9-10H2. The molecule has 6 heteroatoms. The third kappa shape index (κ3) is 3.43. The van der Waals surface area contributed by atoms with Crippen molar-refractivity contribution in [1.29, 1.82) is 0 Å². The summed E-state index contributed by atoms with van der Waals surface area (Å²) in [5.41, 5.74) is 1.38. The van der Waals surface area contributed by atoms with Crippen molar-refractivity contribution < 1.29 is 18.6 Å². The van der Waals surface area contributed by atoms with Crippen LogP contribution in [0.15, 0.2) is 53.5 Å². The van der Waals surface area contributed by atoms with Gasteiger partial charge in [0.15, 0.2) is 0 Å². The van der Waals surface area contributed by atoms with Crippen LogP contribution in [0.4, 0.5) is 0 Å². The fourth-order valence-electron chi connectivity index (χ4n) is 1.99. The number of benzene rings is 2. The summed E-state index contributed by atoms with van der Waals surface area (Å²) in [6.45, 7) is 0.867. The Balaban J connectivity index is 1.58. The van der Waals surface area contributed by atoms with Crippen molar-refractivity contribution in [3.8, 4) is 11.5 Å². The second-order valence-corrected chi connectivity index (χ2v) is 5.07. The summed E-state index contributed by atoms with van der Waals surface area (Å²) in [6, 6.07) is 15.1. The molecule has 0 aromatic heterocycles. The maximum Gasteiger partial charge on any atom is 0.350 e. The number of hydrogen-bond acceptors (Lipinski definition) is 5. The van der Waals surface area contributed by atoms with E-state index in [-0.39, 0.29) is 9.03 Å². The molecule has 1 atom stereocenters. The summed E-state index contributed by atoms with van der Waals surface area (Å²) >= 11 is 0. The number of aliphatic imine (C=N–C) groups is 1. The predicted molar refractivity (Wildman–Crippen MR) is 85.2 cm³/mol. The zero-order valence-corrected chi connectivity index (χ0v) is 12.7. The van der Waals surface area contributed by atoms with E-state index in [9.17, 15) is 4.79 Å². The van der Waals surface area contributed by atoms with Gasteiger partial charge in [-0.2, -0.15) is 0 Å². The number of fused-ring (bicyclic) bond motifs is 1. The Hall–Kier alpha value is -2.39. The number of carbonyl (C=O) groups is 1. The van der Waals surface area contributed by atoms with Gasteiger partial charge in [-0.1, -0.05) is 36.4 Å². The second-order valence-electron chi connectivity index (χ2n) is 4.50. The second kappa shape index (κ2) is 7.05. The Kier molecular flexibility index (Phi) is 4.66. The molecule has 1 unspecified atom stereocenters. The van der Waals surface area contributed by atoms with Crippen LogP contribution in [0.2, 0.25) is 0 Å². The molecule has 112 valence electrons. The topological polar surface area (TPSA) is 57.1 Å². The third-order valence-corrected chi connectivity index (χ3v) is 3.57. The molecule has 0 spiro atoms. The van der Waals surface area contributed by atoms with Crippen LogP contribution >= 0.6 is 9.03 Å². The third-order valence-electron chi connectivity index (χ3n) is 3.00. The van der Waals surface area contributed by atoms with E-state index in [0.717, 1.165) is 5.56 Å². The molecule has 0 fully saturated rings. The van der Waals surface area contributed by atoms with Gasteiger partial charge in [0.1, 0.15) is 23.7 Å². The Morgan fingerprint density at radius 3 is 2.82 bits per heavy atom. The summed E-state index contributed by atoms with van der Waals surface area (Å²) in [6.07, 6.45) is 1.79. The molecule has 1 aliphatic heterocycles.